The van der Waals surface area contributed by atoms with Gasteiger partial charge >= 0.3 is 0 Å². The molecule has 0 amide bonds. The first-order valence-corrected chi connectivity index (χ1v) is 5.64. The molecule has 1 atom stereocenters. The predicted molar refractivity (Wildman–Crippen MR) is 63.4 cm³/mol. The topological polar surface area (TPSA) is 44.5 Å². The Balaban J connectivity index is 2.28. The summed E-state index contributed by atoms with van der Waals surface area (Å²) in [5.41, 5.74) is 2.47. The average Bonchev–Trinajstić information content (AvgIpc) is 2.56. The van der Waals surface area contributed by atoms with Crippen LogP contribution in [0.4, 0.5) is 0 Å². The molecule has 0 fully saturated rings. The van der Waals surface area contributed by atoms with Crippen LogP contribution in [0.5, 0.6) is 5.75 Å². The van der Waals surface area contributed by atoms with Crippen LogP contribution in [0.1, 0.15) is 31.9 Å². The molecule has 0 radical (unpaired) electrons. The summed E-state index contributed by atoms with van der Waals surface area (Å²) in [5.74, 6) is 6.18. The molecule has 3 nitrogen and oxygen atoms in total. The molecule has 1 aliphatic heterocycles. The quantitative estimate of drug-likeness (QED) is 0.796. The summed E-state index contributed by atoms with van der Waals surface area (Å²) in [6.45, 7) is 6.86. The highest BCUT2D eigenvalue weighted by Crippen LogP contribution is 2.33. The smallest absolute Gasteiger partial charge is 0.123 e. The third-order valence-corrected chi connectivity index (χ3v) is 3.12. The maximum Gasteiger partial charge on any atom is 0.123 e. The third kappa shape index (κ3) is 2.06. The number of fused-ring (bicyclic) bond motifs is 1. The van der Waals surface area contributed by atoms with Crippen molar-refractivity contribution in [3.05, 3.63) is 29.3 Å². The Labute approximate surface area is 96.5 Å². The van der Waals surface area contributed by atoms with Crippen LogP contribution < -0.4 is 10.6 Å². The van der Waals surface area contributed by atoms with E-state index in [1.54, 1.807) is 0 Å². The molecule has 0 saturated heterocycles. The zero-order chi connectivity index (χ0) is 11.8. The maximum absolute atomic E-state index is 5.68. The molecule has 2 N–H and O–H groups in total. The van der Waals surface area contributed by atoms with Crippen molar-refractivity contribution in [1.29, 1.82) is 0 Å². The summed E-state index contributed by atoms with van der Waals surface area (Å²) in [7, 11) is 0. The summed E-state index contributed by atoms with van der Waals surface area (Å²) in [6.07, 6.45) is 1.28. The molecule has 1 aliphatic rings. The molecule has 0 saturated carbocycles. The lowest BCUT2D eigenvalue weighted by Crippen LogP contribution is -2.26. The van der Waals surface area contributed by atoms with E-state index < -0.39 is 0 Å². The highest BCUT2D eigenvalue weighted by Gasteiger charge is 2.25. The molecule has 1 unspecified atom stereocenters. The van der Waals surface area contributed by atoms with Gasteiger partial charge in [-0.3, -0.25) is 0 Å². The molecule has 0 spiro atoms. The van der Waals surface area contributed by atoms with Crippen molar-refractivity contribution in [2.24, 2.45) is 5.90 Å². The first-order chi connectivity index (χ1) is 7.53. The number of benzene rings is 1. The summed E-state index contributed by atoms with van der Waals surface area (Å²) in [5, 5.41) is 0. The Hall–Kier alpha value is -1.06. The molecule has 2 rings (SSSR count). The Kier molecular flexibility index (Phi) is 2.91. The molecule has 0 aliphatic carbocycles. The van der Waals surface area contributed by atoms with Crippen molar-refractivity contribution in [2.75, 3.05) is 6.61 Å². The Morgan fingerprint density at radius 3 is 2.94 bits per heavy atom. The predicted octanol–water partition coefficient (Wildman–Crippen LogP) is 2.18. The number of rotatable bonds is 3. The highest BCUT2D eigenvalue weighted by atomic mass is 16.6. The van der Waals surface area contributed by atoms with Crippen molar-refractivity contribution in [2.45, 2.75) is 38.7 Å². The van der Waals surface area contributed by atoms with Gasteiger partial charge in [0, 0.05) is 11.8 Å². The third-order valence-electron chi connectivity index (χ3n) is 3.12. The molecule has 88 valence electrons. The van der Waals surface area contributed by atoms with Crippen LogP contribution in [0.15, 0.2) is 18.2 Å². The van der Waals surface area contributed by atoms with Crippen molar-refractivity contribution in [1.82, 2.24) is 0 Å². The minimum atomic E-state index is -0.0599. The summed E-state index contributed by atoms with van der Waals surface area (Å²) in [4.78, 5) is 4.77. The van der Waals surface area contributed by atoms with Crippen LogP contribution in [0.2, 0.25) is 0 Å². The van der Waals surface area contributed by atoms with Gasteiger partial charge < -0.3 is 9.57 Å². The first-order valence-electron chi connectivity index (χ1n) is 5.64. The van der Waals surface area contributed by atoms with Crippen molar-refractivity contribution in [3.63, 3.8) is 0 Å². The zero-order valence-electron chi connectivity index (χ0n) is 10.1. The SMILES string of the molecule is CC1Cc2cc(C(C)(C)CON)ccc2O1. The molecule has 0 aromatic heterocycles. The van der Waals surface area contributed by atoms with Gasteiger partial charge in [0.05, 0.1) is 6.61 Å². The number of hydrogen-bond acceptors (Lipinski definition) is 3. The average molecular weight is 221 g/mol. The number of nitrogens with two attached hydrogens (primary N) is 1. The van der Waals surface area contributed by atoms with Crippen LogP contribution in [0, 0.1) is 0 Å². The first kappa shape index (κ1) is 11.4. The molecule has 16 heavy (non-hydrogen) atoms. The normalized spacial score (nSPS) is 19.4. The summed E-state index contributed by atoms with van der Waals surface area (Å²) in [6, 6.07) is 6.35. The van der Waals surface area contributed by atoms with Crippen LogP contribution in [-0.2, 0) is 16.7 Å². The van der Waals surface area contributed by atoms with E-state index in [0.29, 0.717) is 12.7 Å². The van der Waals surface area contributed by atoms with Gasteiger partial charge in [-0.15, -0.1) is 0 Å². The summed E-state index contributed by atoms with van der Waals surface area (Å²) < 4.78 is 5.68. The van der Waals surface area contributed by atoms with E-state index in [0.717, 1.165) is 12.2 Å². The number of hydrogen-bond donors (Lipinski definition) is 1. The van der Waals surface area contributed by atoms with Crippen LogP contribution in [-0.4, -0.2) is 12.7 Å². The van der Waals surface area contributed by atoms with Crippen LogP contribution in [0.25, 0.3) is 0 Å². The van der Waals surface area contributed by atoms with E-state index in [9.17, 15) is 0 Å². The van der Waals surface area contributed by atoms with Crippen molar-refractivity contribution >= 4 is 0 Å². The Bertz CT molecular complexity index is 388. The van der Waals surface area contributed by atoms with Gasteiger partial charge in [0.15, 0.2) is 0 Å². The highest BCUT2D eigenvalue weighted by molar-refractivity contribution is 5.42. The lowest BCUT2D eigenvalue weighted by atomic mass is 9.84. The lowest BCUT2D eigenvalue weighted by molar-refractivity contribution is 0.0964. The molecule has 1 aromatic carbocycles. The van der Waals surface area contributed by atoms with Gasteiger partial charge in [0.25, 0.3) is 0 Å². The zero-order valence-corrected chi connectivity index (χ0v) is 10.1. The van der Waals surface area contributed by atoms with E-state index in [1.807, 2.05) is 6.07 Å². The standard InChI is InChI=1S/C13H19NO2/c1-9-6-10-7-11(4-5-12(10)16-9)13(2,3)8-15-14/h4-5,7,9H,6,8,14H2,1-3H3. The second-order valence-electron chi connectivity index (χ2n) is 5.15. The maximum atomic E-state index is 5.68. The fourth-order valence-electron chi connectivity index (χ4n) is 2.13. The molecule has 0 bridgehead atoms. The van der Waals surface area contributed by atoms with E-state index in [2.05, 4.69) is 32.9 Å². The van der Waals surface area contributed by atoms with E-state index in [4.69, 9.17) is 15.5 Å². The molecule has 3 heteroatoms. The Morgan fingerprint density at radius 1 is 1.50 bits per heavy atom. The van der Waals surface area contributed by atoms with Crippen molar-refractivity contribution in [3.8, 4) is 5.75 Å². The minimum absolute atomic E-state index is 0.0599. The fourth-order valence-corrected chi connectivity index (χ4v) is 2.13. The second-order valence-corrected chi connectivity index (χ2v) is 5.15. The van der Waals surface area contributed by atoms with Gasteiger partial charge in [-0.25, -0.2) is 5.90 Å². The monoisotopic (exact) mass is 221 g/mol. The van der Waals surface area contributed by atoms with E-state index >= 15 is 0 Å². The van der Waals surface area contributed by atoms with Crippen LogP contribution >= 0.6 is 0 Å². The lowest BCUT2D eigenvalue weighted by Gasteiger charge is -2.24. The van der Waals surface area contributed by atoms with Gasteiger partial charge in [-0.1, -0.05) is 26.0 Å². The number of ether oxygens (including phenoxy) is 1. The second kappa shape index (κ2) is 4.07. The van der Waals surface area contributed by atoms with Gasteiger partial charge in [0.1, 0.15) is 11.9 Å². The van der Waals surface area contributed by atoms with Crippen LogP contribution in [0.3, 0.4) is 0 Å². The van der Waals surface area contributed by atoms with E-state index in [-0.39, 0.29) is 5.41 Å². The van der Waals surface area contributed by atoms with Gasteiger partial charge in [-0.05, 0) is 24.1 Å². The van der Waals surface area contributed by atoms with Gasteiger partial charge in [-0.2, -0.15) is 0 Å². The fraction of sp³-hybridized carbons (Fsp3) is 0.538. The minimum Gasteiger partial charge on any atom is -0.490 e. The van der Waals surface area contributed by atoms with Gasteiger partial charge in [0.2, 0.25) is 0 Å². The molecular weight excluding hydrogens is 202 g/mol. The molecular formula is C13H19NO2. The van der Waals surface area contributed by atoms with E-state index in [1.165, 1.54) is 11.1 Å². The van der Waals surface area contributed by atoms with Crippen molar-refractivity contribution < 1.29 is 9.57 Å². The molecule has 1 aromatic rings. The Morgan fingerprint density at radius 2 is 2.25 bits per heavy atom. The summed E-state index contributed by atoms with van der Waals surface area (Å²) >= 11 is 0. The molecule has 1 heterocycles. The largest absolute Gasteiger partial charge is 0.490 e.